The third kappa shape index (κ3) is 8.26. The van der Waals surface area contributed by atoms with Gasteiger partial charge >= 0.3 is 23.9 Å². The SMILES string of the molecule is CC(/C=C/CCC(=O)O[C@@H]1[C@@H](O)[C@@]2(CCCCC(C)Cc3ccccc3)O[C@H](C(=O)O)[C@@](O)(C(=O)O)[C@]1(C(=O)O)O2)CCCc1ccccc1. The highest BCUT2D eigenvalue weighted by atomic mass is 16.8. The van der Waals surface area contributed by atoms with Gasteiger partial charge in [0.15, 0.2) is 6.10 Å². The summed E-state index contributed by atoms with van der Waals surface area (Å²) in [5.41, 5.74) is -4.78. The van der Waals surface area contributed by atoms with Gasteiger partial charge in [-0.3, -0.25) is 4.79 Å². The van der Waals surface area contributed by atoms with Gasteiger partial charge in [-0.15, -0.1) is 0 Å². The molecular weight excluding hydrogens is 648 g/mol. The van der Waals surface area contributed by atoms with Crippen LogP contribution in [0.3, 0.4) is 0 Å². The van der Waals surface area contributed by atoms with Crippen LogP contribution >= 0.6 is 0 Å². The van der Waals surface area contributed by atoms with Crippen LogP contribution in [0.2, 0.25) is 0 Å². The topological polar surface area (TPSA) is 197 Å². The summed E-state index contributed by atoms with van der Waals surface area (Å²) in [6, 6.07) is 20.0. The Morgan fingerprint density at radius 3 is 2.12 bits per heavy atom. The summed E-state index contributed by atoms with van der Waals surface area (Å²) in [6.45, 7) is 4.10. The van der Waals surface area contributed by atoms with Crippen LogP contribution in [0.1, 0.15) is 76.3 Å². The van der Waals surface area contributed by atoms with Gasteiger partial charge in [0.25, 0.3) is 0 Å². The highest BCUT2D eigenvalue weighted by Gasteiger charge is 2.85. The van der Waals surface area contributed by atoms with E-state index in [4.69, 9.17) is 14.2 Å². The number of aliphatic hydroxyl groups is 2. The minimum Gasteiger partial charge on any atom is -0.479 e. The summed E-state index contributed by atoms with van der Waals surface area (Å²) in [7, 11) is 0. The lowest BCUT2D eigenvalue weighted by Crippen LogP contribution is -2.78. The molecule has 272 valence electrons. The average molecular weight is 697 g/mol. The van der Waals surface area contributed by atoms with Crippen LogP contribution < -0.4 is 0 Å². The number of aliphatic carboxylic acids is 3. The normalized spacial score (nSPS) is 28.6. The molecule has 0 aliphatic carbocycles. The Hall–Kier alpha value is -4.10. The van der Waals surface area contributed by atoms with Crippen molar-refractivity contribution < 1.29 is 58.9 Å². The summed E-state index contributed by atoms with van der Waals surface area (Å²) in [5, 5.41) is 53.3. The quantitative estimate of drug-likeness (QED) is 0.0782. The number of ether oxygens (including phenoxy) is 3. The summed E-state index contributed by atoms with van der Waals surface area (Å²) < 4.78 is 16.6. The molecule has 2 heterocycles. The number of rotatable bonds is 19. The first kappa shape index (κ1) is 38.7. The first-order valence-corrected chi connectivity index (χ1v) is 17.2. The second kappa shape index (κ2) is 16.7. The molecule has 2 aliphatic heterocycles. The molecule has 0 amide bonds. The summed E-state index contributed by atoms with van der Waals surface area (Å²) in [6.07, 6.45) is 1.37. The molecule has 2 aliphatic rings. The fourth-order valence-electron chi connectivity index (χ4n) is 7.03. The van der Waals surface area contributed by atoms with Gasteiger partial charge in [-0.1, -0.05) is 99.5 Å². The van der Waals surface area contributed by atoms with Crippen molar-refractivity contribution in [1.82, 2.24) is 0 Å². The number of aliphatic hydroxyl groups excluding tert-OH is 1. The van der Waals surface area contributed by atoms with Crippen LogP contribution in [0.4, 0.5) is 0 Å². The van der Waals surface area contributed by atoms with Gasteiger partial charge in [0.05, 0.1) is 0 Å². The maximum Gasteiger partial charge on any atom is 0.344 e. The molecule has 4 rings (SSSR count). The van der Waals surface area contributed by atoms with Crippen LogP contribution in [0.5, 0.6) is 0 Å². The molecule has 50 heavy (non-hydrogen) atoms. The standard InChI is InChI=1S/C38H48O12/c1-25(16-13-21-27-17-5-3-6-18-27)14-9-10-22-29(39)48-31-30(40)36(23-12-11-15-26(2)24-28-19-7-4-8-20-28)49-32(33(41)42)37(47,34(43)44)38(31,50-36)35(45)46/h3-9,14,17-20,25-26,30-32,40,47H,10-13,15-16,21-24H2,1-2H3,(H,41,42)(H,43,44)(H,45,46)/b14-9+/t25?,26?,30-,31-,32-,36+,37-,38+/m1/s1. The van der Waals surface area contributed by atoms with E-state index in [2.05, 4.69) is 19.1 Å². The fourth-order valence-corrected chi connectivity index (χ4v) is 7.03. The van der Waals surface area contributed by atoms with E-state index < -0.39 is 59.2 Å². The molecule has 2 bridgehead atoms. The molecule has 12 heteroatoms. The molecule has 8 atom stereocenters. The zero-order chi connectivity index (χ0) is 36.5. The maximum absolute atomic E-state index is 13.1. The molecule has 0 aromatic heterocycles. The number of benzene rings is 2. The van der Waals surface area contributed by atoms with Crippen molar-refractivity contribution in [2.24, 2.45) is 11.8 Å². The third-order valence-corrected chi connectivity index (χ3v) is 9.71. The van der Waals surface area contributed by atoms with Gasteiger partial charge in [0.1, 0.15) is 6.10 Å². The van der Waals surface area contributed by atoms with Crippen LogP contribution in [-0.2, 0) is 46.2 Å². The van der Waals surface area contributed by atoms with Crippen LogP contribution in [0.15, 0.2) is 72.8 Å². The zero-order valence-electron chi connectivity index (χ0n) is 28.5. The van der Waals surface area contributed by atoms with E-state index in [1.165, 1.54) is 5.56 Å². The molecule has 0 radical (unpaired) electrons. The number of hydrogen-bond acceptors (Lipinski definition) is 9. The van der Waals surface area contributed by atoms with E-state index >= 15 is 0 Å². The van der Waals surface area contributed by atoms with E-state index in [-0.39, 0.29) is 37.5 Å². The van der Waals surface area contributed by atoms with Gasteiger partial charge in [-0.2, -0.15) is 0 Å². The Balaban J connectivity index is 1.44. The lowest BCUT2D eigenvalue weighted by molar-refractivity contribution is -0.374. The Kier molecular flexibility index (Phi) is 13.0. The Labute approximate surface area is 291 Å². The number of unbranched alkanes of at least 4 members (excludes halogenated alkanes) is 1. The molecule has 2 fully saturated rings. The van der Waals surface area contributed by atoms with E-state index in [1.54, 1.807) is 6.08 Å². The van der Waals surface area contributed by atoms with Gasteiger partial charge in [-0.05, 0) is 61.5 Å². The molecule has 2 aromatic carbocycles. The summed E-state index contributed by atoms with van der Waals surface area (Å²) in [5.74, 6) is -9.36. The van der Waals surface area contributed by atoms with E-state index in [1.807, 2.05) is 61.5 Å². The Morgan fingerprint density at radius 2 is 1.52 bits per heavy atom. The van der Waals surface area contributed by atoms with E-state index in [9.17, 15) is 44.7 Å². The number of hydrogen-bond donors (Lipinski definition) is 5. The first-order valence-electron chi connectivity index (χ1n) is 17.2. The largest absolute Gasteiger partial charge is 0.479 e. The van der Waals surface area contributed by atoms with Crippen molar-refractivity contribution in [2.45, 2.75) is 113 Å². The van der Waals surface area contributed by atoms with Crippen molar-refractivity contribution in [3.8, 4) is 0 Å². The molecule has 5 N–H and O–H groups in total. The fraction of sp³-hybridized carbons (Fsp3) is 0.526. The number of allylic oxidation sites excluding steroid dienone is 2. The Morgan fingerprint density at radius 1 is 0.880 bits per heavy atom. The van der Waals surface area contributed by atoms with E-state index in [0.717, 1.165) is 31.2 Å². The second-order valence-corrected chi connectivity index (χ2v) is 13.6. The predicted octanol–water partition coefficient (Wildman–Crippen LogP) is 4.54. The monoisotopic (exact) mass is 696 g/mol. The van der Waals surface area contributed by atoms with Crippen molar-refractivity contribution in [3.63, 3.8) is 0 Å². The van der Waals surface area contributed by atoms with Crippen molar-refractivity contribution >= 4 is 23.9 Å². The number of carboxylic acid groups (broad SMARTS) is 3. The first-order chi connectivity index (χ1) is 23.8. The summed E-state index contributed by atoms with van der Waals surface area (Å²) >= 11 is 0. The number of aryl methyl sites for hydroxylation is 1. The maximum atomic E-state index is 13.1. The number of esters is 1. The van der Waals surface area contributed by atoms with Gasteiger partial charge in [0, 0.05) is 12.8 Å². The molecular formula is C38H48O12. The van der Waals surface area contributed by atoms with Crippen LogP contribution in [0, 0.1) is 11.8 Å². The average Bonchev–Trinajstić information content (AvgIpc) is 3.29. The molecule has 0 saturated carbocycles. The van der Waals surface area contributed by atoms with Crippen molar-refractivity contribution in [2.75, 3.05) is 0 Å². The van der Waals surface area contributed by atoms with Crippen LogP contribution in [0.25, 0.3) is 0 Å². The molecule has 12 nitrogen and oxygen atoms in total. The lowest BCUT2D eigenvalue weighted by Gasteiger charge is -2.48. The smallest absolute Gasteiger partial charge is 0.344 e. The lowest BCUT2D eigenvalue weighted by atomic mass is 9.74. The zero-order valence-corrected chi connectivity index (χ0v) is 28.5. The second-order valence-electron chi connectivity index (χ2n) is 13.6. The van der Waals surface area contributed by atoms with Gasteiger partial charge in [0.2, 0.25) is 23.1 Å². The highest BCUT2D eigenvalue weighted by molar-refractivity contribution is 5.98. The minimum atomic E-state index is -3.78. The minimum absolute atomic E-state index is 0.190. The summed E-state index contributed by atoms with van der Waals surface area (Å²) in [4.78, 5) is 50.7. The molecule has 2 unspecified atom stereocenters. The number of carbonyl (C=O) groups is 4. The third-order valence-electron chi connectivity index (χ3n) is 9.71. The molecule has 2 saturated heterocycles. The van der Waals surface area contributed by atoms with E-state index in [0.29, 0.717) is 12.8 Å². The number of carboxylic acids is 3. The molecule has 2 aromatic rings. The Bertz CT molecular complexity index is 1500. The van der Waals surface area contributed by atoms with Gasteiger partial charge in [-0.25, -0.2) is 14.4 Å². The molecule has 0 spiro atoms. The van der Waals surface area contributed by atoms with Gasteiger partial charge < -0.3 is 39.7 Å². The van der Waals surface area contributed by atoms with Crippen LogP contribution in [-0.4, -0.2) is 84.7 Å². The number of fused-ring (bicyclic) bond motifs is 2. The highest BCUT2D eigenvalue weighted by Crippen LogP contribution is 2.55. The predicted molar refractivity (Wildman–Crippen MR) is 180 cm³/mol. The number of carbonyl (C=O) groups excluding carboxylic acids is 1. The van der Waals surface area contributed by atoms with Crippen molar-refractivity contribution in [3.05, 3.63) is 83.9 Å². The van der Waals surface area contributed by atoms with Crippen molar-refractivity contribution in [1.29, 1.82) is 0 Å².